The highest BCUT2D eigenvalue weighted by Gasteiger charge is 2.27. The van der Waals surface area contributed by atoms with Gasteiger partial charge in [-0.05, 0) is 23.8 Å². The molecule has 1 unspecified atom stereocenters. The number of hydrogen-bond donors (Lipinski definition) is 2. The fourth-order valence-electron chi connectivity index (χ4n) is 3.41. The Balaban J connectivity index is 0.00000280. The molecule has 1 heterocycles. The smallest absolute Gasteiger partial charge is 0.234 e. The van der Waals surface area contributed by atoms with Crippen molar-refractivity contribution in [2.24, 2.45) is 0 Å². The van der Waals surface area contributed by atoms with Gasteiger partial charge in [0.05, 0.1) is 26.8 Å². The second-order valence-electron chi connectivity index (χ2n) is 6.56. The highest BCUT2D eigenvalue weighted by atomic mass is 35.5. The molecule has 2 aromatic rings. The van der Waals surface area contributed by atoms with Crippen LogP contribution in [-0.4, -0.2) is 51.2 Å². The minimum Gasteiger partial charge on any atom is -0.497 e. The SMILES string of the molecule is COc1cccc(CNC(=O)CN2CCNCC2c2ccccc2OC)c1.Cl. The number of carbonyl (C=O) groups excluding carboxylic acids is 1. The topological polar surface area (TPSA) is 62.8 Å². The zero-order chi connectivity index (χ0) is 19.1. The summed E-state index contributed by atoms with van der Waals surface area (Å²) < 4.78 is 10.7. The predicted octanol–water partition coefficient (Wildman–Crippen LogP) is 2.39. The lowest BCUT2D eigenvalue weighted by molar-refractivity contribution is -0.123. The summed E-state index contributed by atoms with van der Waals surface area (Å²) in [5, 5.41) is 6.43. The molecule has 2 N–H and O–H groups in total. The Morgan fingerprint density at radius 3 is 2.79 bits per heavy atom. The Labute approximate surface area is 172 Å². The van der Waals surface area contributed by atoms with E-state index in [1.54, 1.807) is 14.2 Å². The molecule has 1 aliphatic rings. The zero-order valence-corrected chi connectivity index (χ0v) is 17.1. The maximum absolute atomic E-state index is 12.5. The van der Waals surface area contributed by atoms with E-state index in [1.807, 2.05) is 42.5 Å². The quantitative estimate of drug-likeness (QED) is 0.740. The molecule has 1 saturated heterocycles. The maximum atomic E-state index is 12.5. The first-order valence-corrected chi connectivity index (χ1v) is 9.18. The number of nitrogens with zero attached hydrogens (tertiary/aromatic N) is 1. The van der Waals surface area contributed by atoms with Crippen molar-refractivity contribution in [2.45, 2.75) is 12.6 Å². The minimum atomic E-state index is 0. The molecule has 0 bridgehead atoms. The fourth-order valence-corrected chi connectivity index (χ4v) is 3.41. The van der Waals surface area contributed by atoms with Crippen LogP contribution in [0.3, 0.4) is 0 Å². The van der Waals surface area contributed by atoms with Crippen molar-refractivity contribution >= 4 is 18.3 Å². The van der Waals surface area contributed by atoms with Gasteiger partial charge in [0.2, 0.25) is 5.91 Å². The largest absolute Gasteiger partial charge is 0.497 e. The van der Waals surface area contributed by atoms with Gasteiger partial charge in [-0.25, -0.2) is 0 Å². The number of piperazine rings is 1. The van der Waals surface area contributed by atoms with Gasteiger partial charge in [-0.2, -0.15) is 0 Å². The standard InChI is InChI=1S/C21H27N3O3.ClH/c1-26-17-7-5-6-16(12-17)13-23-21(25)15-24-11-10-22-14-19(24)18-8-3-4-9-20(18)27-2;/h3-9,12,19,22H,10-11,13-15H2,1-2H3,(H,23,25);1H. The molecule has 6 nitrogen and oxygen atoms in total. The molecule has 1 amide bonds. The van der Waals surface area contributed by atoms with E-state index in [9.17, 15) is 4.79 Å². The van der Waals surface area contributed by atoms with Gasteiger partial charge in [-0.3, -0.25) is 9.69 Å². The van der Waals surface area contributed by atoms with Gasteiger partial charge in [0, 0.05) is 31.7 Å². The normalized spacial score (nSPS) is 16.7. The predicted molar refractivity (Wildman–Crippen MR) is 112 cm³/mol. The molecule has 3 rings (SSSR count). The van der Waals surface area contributed by atoms with Crippen LogP contribution >= 0.6 is 12.4 Å². The lowest BCUT2D eigenvalue weighted by atomic mass is 10.0. The number of ether oxygens (including phenoxy) is 2. The first kappa shape index (κ1) is 22.0. The maximum Gasteiger partial charge on any atom is 0.234 e. The third kappa shape index (κ3) is 5.61. The lowest BCUT2D eigenvalue weighted by Crippen LogP contribution is -2.49. The summed E-state index contributed by atoms with van der Waals surface area (Å²) in [4.78, 5) is 14.7. The number of benzene rings is 2. The average Bonchev–Trinajstić information content (AvgIpc) is 2.73. The summed E-state index contributed by atoms with van der Waals surface area (Å²) in [6.07, 6.45) is 0. The first-order valence-electron chi connectivity index (χ1n) is 9.18. The van der Waals surface area contributed by atoms with Crippen LogP contribution in [0.5, 0.6) is 11.5 Å². The summed E-state index contributed by atoms with van der Waals surface area (Å²) in [5.74, 6) is 1.66. The van der Waals surface area contributed by atoms with Crippen molar-refractivity contribution in [1.29, 1.82) is 0 Å². The highest BCUT2D eigenvalue weighted by Crippen LogP contribution is 2.29. The van der Waals surface area contributed by atoms with Gasteiger partial charge in [-0.1, -0.05) is 30.3 Å². The second-order valence-corrected chi connectivity index (χ2v) is 6.56. The first-order chi connectivity index (χ1) is 13.2. The molecule has 0 aliphatic carbocycles. The Morgan fingerprint density at radius 1 is 1.18 bits per heavy atom. The lowest BCUT2D eigenvalue weighted by Gasteiger charge is -2.36. The van der Waals surface area contributed by atoms with Crippen LogP contribution in [0.25, 0.3) is 0 Å². The molecule has 28 heavy (non-hydrogen) atoms. The number of halogens is 1. The molecule has 1 aliphatic heterocycles. The van der Waals surface area contributed by atoms with Crippen LogP contribution in [0.4, 0.5) is 0 Å². The van der Waals surface area contributed by atoms with Crippen molar-refractivity contribution in [2.75, 3.05) is 40.4 Å². The van der Waals surface area contributed by atoms with Crippen molar-refractivity contribution in [3.8, 4) is 11.5 Å². The number of nitrogens with one attached hydrogen (secondary N) is 2. The zero-order valence-electron chi connectivity index (χ0n) is 16.3. The molecule has 1 fully saturated rings. The molecule has 0 radical (unpaired) electrons. The van der Waals surface area contributed by atoms with Crippen molar-refractivity contribution in [3.63, 3.8) is 0 Å². The van der Waals surface area contributed by atoms with Gasteiger partial charge < -0.3 is 20.1 Å². The average molecular weight is 406 g/mol. The molecule has 0 aromatic heterocycles. The Bertz CT molecular complexity index is 772. The number of methoxy groups -OCH3 is 2. The number of hydrogen-bond acceptors (Lipinski definition) is 5. The third-order valence-electron chi connectivity index (χ3n) is 4.82. The monoisotopic (exact) mass is 405 g/mol. The second kappa shape index (κ2) is 10.9. The van der Waals surface area contributed by atoms with E-state index in [0.29, 0.717) is 13.1 Å². The van der Waals surface area contributed by atoms with Gasteiger partial charge >= 0.3 is 0 Å². The van der Waals surface area contributed by atoms with E-state index >= 15 is 0 Å². The molecular weight excluding hydrogens is 378 g/mol. The number of rotatable bonds is 7. The summed E-state index contributed by atoms with van der Waals surface area (Å²) >= 11 is 0. The van der Waals surface area contributed by atoms with Gasteiger partial charge in [0.15, 0.2) is 0 Å². The van der Waals surface area contributed by atoms with Crippen LogP contribution in [0.15, 0.2) is 48.5 Å². The molecular formula is C21H28ClN3O3. The van der Waals surface area contributed by atoms with E-state index in [2.05, 4.69) is 21.6 Å². The highest BCUT2D eigenvalue weighted by molar-refractivity contribution is 5.85. The number of carbonyl (C=O) groups is 1. The third-order valence-corrected chi connectivity index (χ3v) is 4.82. The van der Waals surface area contributed by atoms with Gasteiger partial charge in [0.25, 0.3) is 0 Å². The molecule has 0 spiro atoms. The molecule has 0 saturated carbocycles. The van der Waals surface area contributed by atoms with Crippen molar-refractivity contribution in [1.82, 2.24) is 15.5 Å². The summed E-state index contributed by atoms with van der Waals surface area (Å²) in [7, 11) is 3.32. The summed E-state index contributed by atoms with van der Waals surface area (Å²) in [5.41, 5.74) is 2.12. The molecule has 1 atom stereocenters. The Morgan fingerprint density at radius 2 is 2.00 bits per heavy atom. The molecule has 7 heteroatoms. The Hall–Kier alpha value is -2.28. The number of amides is 1. The van der Waals surface area contributed by atoms with Gasteiger partial charge in [-0.15, -0.1) is 12.4 Å². The van der Waals surface area contributed by atoms with Crippen LogP contribution < -0.4 is 20.1 Å². The summed E-state index contributed by atoms with van der Waals surface area (Å²) in [6, 6.07) is 15.8. The van der Waals surface area contributed by atoms with Crippen molar-refractivity contribution in [3.05, 3.63) is 59.7 Å². The van der Waals surface area contributed by atoms with Crippen LogP contribution in [0.2, 0.25) is 0 Å². The van der Waals surface area contributed by atoms with E-state index in [-0.39, 0.29) is 24.4 Å². The van der Waals surface area contributed by atoms with E-state index < -0.39 is 0 Å². The minimum absolute atomic E-state index is 0. The molecule has 152 valence electrons. The van der Waals surface area contributed by atoms with E-state index in [0.717, 1.165) is 42.3 Å². The van der Waals surface area contributed by atoms with Crippen molar-refractivity contribution < 1.29 is 14.3 Å². The van der Waals surface area contributed by atoms with E-state index in [4.69, 9.17) is 9.47 Å². The Kier molecular flexibility index (Phi) is 8.57. The molecule has 2 aromatic carbocycles. The van der Waals surface area contributed by atoms with Gasteiger partial charge in [0.1, 0.15) is 11.5 Å². The van der Waals surface area contributed by atoms with Crippen LogP contribution in [0.1, 0.15) is 17.2 Å². The van der Waals surface area contributed by atoms with Crippen LogP contribution in [-0.2, 0) is 11.3 Å². The number of para-hydroxylation sites is 1. The summed E-state index contributed by atoms with van der Waals surface area (Å²) in [6.45, 7) is 3.32. The van der Waals surface area contributed by atoms with E-state index in [1.165, 1.54) is 0 Å². The van der Waals surface area contributed by atoms with Crippen LogP contribution in [0, 0.1) is 0 Å². The fraction of sp³-hybridized carbons (Fsp3) is 0.381.